The predicted molar refractivity (Wildman–Crippen MR) is 70.3 cm³/mol. The van der Waals surface area contributed by atoms with E-state index in [2.05, 4.69) is 5.32 Å². The summed E-state index contributed by atoms with van der Waals surface area (Å²) in [6.45, 7) is 0.832. The summed E-state index contributed by atoms with van der Waals surface area (Å²) in [7, 11) is 0. The number of carboxylic acid groups (broad SMARTS) is 1. The number of anilines is 1. The molecule has 0 aliphatic carbocycles. The first-order valence-electron chi connectivity index (χ1n) is 5.59. The molecule has 0 unspecified atom stereocenters. The predicted octanol–water partition coefficient (Wildman–Crippen LogP) is 0.178. The standard InChI is InChI=1S/C11H16N2O5S/c12-10-8(1-6-19-10)11(16)13-2-3-17-4-5-18-7-9(14)15/h1,6H,2-5,7,12H2,(H,13,16)(H,14,15). The van der Waals surface area contributed by atoms with Gasteiger partial charge in [0.25, 0.3) is 5.91 Å². The van der Waals surface area contributed by atoms with E-state index >= 15 is 0 Å². The molecule has 0 spiro atoms. The molecule has 106 valence electrons. The van der Waals surface area contributed by atoms with Gasteiger partial charge in [0, 0.05) is 6.54 Å². The summed E-state index contributed by atoms with van der Waals surface area (Å²) in [4.78, 5) is 21.7. The minimum Gasteiger partial charge on any atom is -0.480 e. The van der Waals surface area contributed by atoms with E-state index in [9.17, 15) is 9.59 Å². The Kier molecular flexibility index (Phi) is 6.86. The number of rotatable bonds is 9. The Morgan fingerprint density at radius 3 is 2.68 bits per heavy atom. The minimum absolute atomic E-state index is 0.206. The Hall–Kier alpha value is -1.64. The van der Waals surface area contributed by atoms with Gasteiger partial charge in [-0.25, -0.2) is 4.79 Å². The summed E-state index contributed by atoms with van der Waals surface area (Å²) in [5.41, 5.74) is 6.08. The van der Waals surface area contributed by atoms with Gasteiger partial charge in [0.1, 0.15) is 6.61 Å². The first kappa shape index (κ1) is 15.4. The van der Waals surface area contributed by atoms with Crippen molar-refractivity contribution >= 4 is 28.2 Å². The number of carbonyl (C=O) groups excluding carboxylic acids is 1. The Bertz CT molecular complexity index is 421. The number of nitrogens with one attached hydrogen (secondary N) is 1. The van der Waals surface area contributed by atoms with Crippen LogP contribution in [-0.4, -0.2) is 50.0 Å². The van der Waals surface area contributed by atoms with Gasteiger partial charge in [-0.15, -0.1) is 11.3 Å². The molecule has 0 aliphatic heterocycles. The molecule has 19 heavy (non-hydrogen) atoms. The Labute approximate surface area is 114 Å². The molecule has 1 amide bonds. The molecule has 8 heteroatoms. The van der Waals surface area contributed by atoms with Crippen molar-refractivity contribution in [1.29, 1.82) is 0 Å². The minimum atomic E-state index is -1.01. The van der Waals surface area contributed by atoms with Crippen LogP contribution in [0.25, 0.3) is 0 Å². The molecular formula is C11H16N2O5S. The third-order valence-corrected chi connectivity index (χ3v) is 2.82. The Morgan fingerprint density at radius 1 is 1.32 bits per heavy atom. The monoisotopic (exact) mass is 288 g/mol. The van der Waals surface area contributed by atoms with Crippen molar-refractivity contribution in [3.05, 3.63) is 17.0 Å². The lowest BCUT2D eigenvalue weighted by Gasteiger charge is -2.06. The third-order valence-electron chi connectivity index (χ3n) is 2.07. The lowest BCUT2D eigenvalue weighted by molar-refractivity contribution is -0.142. The molecule has 4 N–H and O–H groups in total. The number of ether oxygens (including phenoxy) is 2. The van der Waals surface area contributed by atoms with E-state index in [1.807, 2.05) is 0 Å². The number of carboxylic acids is 1. The topological polar surface area (TPSA) is 111 Å². The molecule has 0 radical (unpaired) electrons. The number of aliphatic carboxylic acids is 1. The summed E-state index contributed by atoms with van der Waals surface area (Å²) in [5.74, 6) is -1.25. The second-order valence-corrected chi connectivity index (χ2v) is 4.46. The zero-order valence-electron chi connectivity index (χ0n) is 10.3. The van der Waals surface area contributed by atoms with Crippen LogP contribution in [0.2, 0.25) is 0 Å². The summed E-state index contributed by atoms with van der Waals surface area (Å²) >= 11 is 1.31. The van der Waals surface area contributed by atoms with Gasteiger partial charge in [0.2, 0.25) is 0 Å². The van der Waals surface area contributed by atoms with Crippen molar-refractivity contribution in [3.8, 4) is 0 Å². The highest BCUT2D eigenvalue weighted by Gasteiger charge is 2.09. The fraction of sp³-hybridized carbons (Fsp3) is 0.455. The molecule has 1 rings (SSSR count). The number of carbonyl (C=O) groups is 2. The normalized spacial score (nSPS) is 10.3. The van der Waals surface area contributed by atoms with Crippen LogP contribution in [0.1, 0.15) is 10.4 Å². The second kappa shape index (κ2) is 8.46. The fourth-order valence-electron chi connectivity index (χ4n) is 1.22. The highest BCUT2D eigenvalue weighted by molar-refractivity contribution is 7.14. The van der Waals surface area contributed by atoms with Crippen LogP contribution in [0, 0.1) is 0 Å². The number of thiophene rings is 1. The third kappa shape index (κ3) is 6.18. The zero-order valence-corrected chi connectivity index (χ0v) is 11.1. The highest BCUT2D eigenvalue weighted by Crippen LogP contribution is 2.18. The Balaban J connectivity index is 2.01. The molecule has 0 saturated heterocycles. The van der Waals surface area contributed by atoms with Crippen molar-refractivity contribution in [1.82, 2.24) is 5.32 Å². The molecule has 7 nitrogen and oxygen atoms in total. The fourth-order valence-corrected chi connectivity index (χ4v) is 1.86. The van der Waals surface area contributed by atoms with Crippen molar-refractivity contribution in [2.45, 2.75) is 0 Å². The van der Waals surface area contributed by atoms with Gasteiger partial charge >= 0.3 is 5.97 Å². The van der Waals surface area contributed by atoms with Crippen LogP contribution in [0.4, 0.5) is 5.00 Å². The van der Waals surface area contributed by atoms with Gasteiger partial charge in [-0.3, -0.25) is 4.79 Å². The van der Waals surface area contributed by atoms with Crippen LogP contribution < -0.4 is 11.1 Å². The van der Waals surface area contributed by atoms with Gasteiger partial charge in [0.15, 0.2) is 0 Å². The van der Waals surface area contributed by atoms with E-state index in [-0.39, 0.29) is 25.7 Å². The van der Waals surface area contributed by atoms with Crippen molar-refractivity contribution in [3.63, 3.8) is 0 Å². The van der Waals surface area contributed by atoms with Crippen molar-refractivity contribution in [2.24, 2.45) is 0 Å². The highest BCUT2D eigenvalue weighted by atomic mass is 32.1. The zero-order chi connectivity index (χ0) is 14.1. The molecule has 0 aromatic carbocycles. The molecular weight excluding hydrogens is 272 g/mol. The van der Waals surface area contributed by atoms with Crippen LogP contribution in [0.15, 0.2) is 11.4 Å². The quantitative estimate of drug-likeness (QED) is 0.559. The largest absolute Gasteiger partial charge is 0.480 e. The molecule has 1 aromatic rings. The smallest absolute Gasteiger partial charge is 0.329 e. The number of hydrogen-bond donors (Lipinski definition) is 3. The van der Waals surface area contributed by atoms with Gasteiger partial charge in [0.05, 0.1) is 30.4 Å². The SMILES string of the molecule is Nc1sccc1C(=O)NCCOCCOCC(=O)O. The van der Waals surface area contributed by atoms with E-state index in [0.29, 0.717) is 23.7 Å². The van der Waals surface area contributed by atoms with Crippen LogP contribution >= 0.6 is 11.3 Å². The number of hydrogen-bond acceptors (Lipinski definition) is 6. The molecule has 0 fully saturated rings. The summed E-state index contributed by atoms with van der Waals surface area (Å²) in [5, 5.41) is 13.2. The number of nitrogens with two attached hydrogens (primary N) is 1. The second-order valence-electron chi connectivity index (χ2n) is 3.51. The average molecular weight is 288 g/mol. The van der Waals surface area contributed by atoms with Gasteiger partial charge < -0.3 is 25.6 Å². The average Bonchev–Trinajstić information content (AvgIpc) is 2.78. The van der Waals surface area contributed by atoms with E-state index in [1.54, 1.807) is 11.4 Å². The lowest BCUT2D eigenvalue weighted by Crippen LogP contribution is -2.27. The molecule has 0 atom stereocenters. The van der Waals surface area contributed by atoms with Crippen molar-refractivity contribution in [2.75, 3.05) is 38.7 Å². The van der Waals surface area contributed by atoms with Gasteiger partial charge in [-0.1, -0.05) is 0 Å². The van der Waals surface area contributed by atoms with E-state index in [4.69, 9.17) is 20.3 Å². The van der Waals surface area contributed by atoms with Crippen LogP contribution in [0.5, 0.6) is 0 Å². The summed E-state index contributed by atoms with van der Waals surface area (Å²) < 4.78 is 9.92. The first-order chi connectivity index (χ1) is 9.11. The van der Waals surface area contributed by atoms with Crippen LogP contribution in [-0.2, 0) is 14.3 Å². The van der Waals surface area contributed by atoms with E-state index in [1.165, 1.54) is 11.3 Å². The maximum absolute atomic E-state index is 11.6. The van der Waals surface area contributed by atoms with Gasteiger partial charge in [-0.05, 0) is 11.4 Å². The van der Waals surface area contributed by atoms with Gasteiger partial charge in [-0.2, -0.15) is 0 Å². The van der Waals surface area contributed by atoms with E-state index in [0.717, 1.165) is 0 Å². The van der Waals surface area contributed by atoms with Crippen molar-refractivity contribution < 1.29 is 24.2 Å². The maximum Gasteiger partial charge on any atom is 0.329 e. The molecule has 1 aromatic heterocycles. The summed E-state index contributed by atoms with van der Waals surface area (Å²) in [6.07, 6.45) is 0. The molecule has 0 bridgehead atoms. The maximum atomic E-state index is 11.6. The number of amides is 1. The number of nitrogen functional groups attached to an aromatic ring is 1. The Morgan fingerprint density at radius 2 is 2.05 bits per heavy atom. The molecule has 0 aliphatic rings. The first-order valence-corrected chi connectivity index (χ1v) is 6.47. The lowest BCUT2D eigenvalue weighted by atomic mass is 10.3. The molecule has 0 saturated carbocycles. The van der Waals surface area contributed by atoms with E-state index < -0.39 is 5.97 Å². The van der Waals surface area contributed by atoms with Crippen LogP contribution in [0.3, 0.4) is 0 Å². The summed E-state index contributed by atoms with van der Waals surface area (Å²) in [6, 6.07) is 1.66. The molecule has 1 heterocycles.